The van der Waals surface area contributed by atoms with Crippen LogP contribution >= 0.6 is 11.6 Å². The van der Waals surface area contributed by atoms with E-state index in [9.17, 15) is 14.7 Å². The Morgan fingerprint density at radius 2 is 1.86 bits per heavy atom. The molecule has 0 unspecified atom stereocenters. The number of amides is 1. The van der Waals surface area contributed by atoms with Crippen LogP contribution < -0.4 is 5.32 Å². The van der Waals surface area contributed by atoms with E-state index in [1.807, 2.05) is 30.4 Å². The first-order valence-corrected chi connectivity index (χ1v) is 7.38. The van der Waals surface area contributed by atoms with E-state index in [1.54, 1.807) is 6.07 Å². The van der Waals surface area contributed by atoms with Crippen molar-refractivity contribution in [1.29, 1.82) is 0 Å². The maximum Gasteiger partial charge on any atom is 0.307 e. The Kier molecular flexibility index (Phi) is 3.72. The van der Waals surface area contributed by atoms with Gasteiger partial charge in [-0.2, -0.15) is 0 Å². The van der Waals surface area contributed by atoms with Crippen LogP contribution in [0.1, 0.15) is 12.0 Å². The number of aliphatic carboxylic acids is 1. The maximum atomic E-state index is 12.4. The van der Waals surface area contributed by atoms with Crippen LogP contribution in [0.3, 0.4) is 0 Å². The van der Waals surface area contributed by atoms with Gasteiger partial charge in [-0.15, -0.1) is 0 Å². The summed E-state index contributed by atoms with van der Waals surface area (Å²) >= 11 is 6.05. The summed E-state index contributed by atoms with van der Waals surface area (Å²) in [6.45, 7) is 0.322. The molecule has 5 heteroatoms. The number of benzene rings is 1. The molecule has 3 rings (SSSR count). The van der Waals surface area contributed by atoms with Crippen LogP contribution in [0, 0.1) is 23.7 Å². The van der Waals surface area contributed by atoms with Gasteiger partial charge in [0.05, 0.1) is 11.8 Å². The van der Waals surface area contributed by atoms with Gasteiger partial charge in [0.1, 0.15) is 0 Å². The third kappa shape index (κ3) is 2.56. The number of allylic oxidation sites excluding steroid dienone is 2. The Balaban J connectivity index is 1.69. The summed E-state index contributed by atoms with van der Waals surface area (Å²) in [7, 11) is 0. The van der Waals surface area contributed by atoms with Crippen LogP contribution in [0.15, 0.2) is 36.4 Å². The molecule has 2 bridgehead atoms. The second kappa shape index (κ2) is 5.53. The zero-order valence-electron chi connectivity index (χ0n) is 11.3. The third-order valence-corrected chi connectivity index (χ3v) is 4.83. The summed E-state index contributed by atoms with van der Waals surface area (Å²) in [6, 6.07) is 7.30. The minimum atomic E-state index is -0.884. The highest BCUT2D eigenvalue weighted by Gasteiger charge is 2.51. The highest BCUT2D eigenvalue weighted by Crippen LogP contribution is 2.48. The molecule has 21 heavy (non-hydrogen) atoms. The highest BCUT2D eigenvalue weighted by molar-refractivity contribution is 6.31. The summed E-state index contributed by atoms with van der Waals surface area (Å²) in [5.74, 6) is -2.12. The second-order valence-corrected chi connectivity index (χ2v) is 6.05. The molecular formula is C16H16ClNO3. The third-order valence-electron chi connectivity index (χ3n) is 4.46. The molecule has 0 radical (unpaired) electrons. The fourth-order valence-electron chi connectivity index (χ4n) is 3.46. The number of carboxylic acids is 1. The van der Waals surface area contributed by atoms with Gasteiger partial charge in [-0.3, -0.25) is 9.59 Å². The number of carbonyl (C=O) groups excluding carboxylic acids is 1. The van der Waals surface area contributed by atoms with Crippen LogP contribution in [0.25, 0.3) is 0 Å². The first kappa shape index (κ1) is 14.1. The van der Waals surface area contributed by atoms with Crippen molar-refractivity contribution in [2.45, 2.75) is 13.0 Å². The van der Waals surface area contributed by atoms with Gasteiger partial charge in [-0.1, -0.05) is 42.0 Å². The highest BCUT2D eigenvalue weighted by atomic mass is 35.5. The average Bonchev–Trinajstić information content (AvgIpc) is 3.06. The van der Waals surface area contributed by atoms with E-state index in [0.717, 1.165) is 12.0 Å². The van der Waals surface area contributed by atoms with Crippen molar-refractivity contribution < 1.29 is 14.7 Å². The maximum absolute atomic E-state index is 12.4. The van der Waals surface area contributed by atoms with Crippen molar-refractivity contribution in [1.82, 2.24) is 5.32 Å². The fourth-order valence-corrected chi connectivity index (χ4v) is 3.66. The molecular weight excluding hydrogens is 290 g/mol. The molecule has 0 aliphatic heterocycles. The minimum Gasteiger partial charge on any atom is -0.481 e. The van der Waals surface area contributed by atoms with Gasteiger partial charge in [-0.25, -0.2) is 0 Å². The zero-order valence-corrected chi connectivity index (χ0v) is 12.1. The van der Waals surface area contributed by atoms with E-state index in [-0.39, 0.29) is 17.7 Å². The first-order chi connectivity index (χ1) is 10.1. The Hall–Kier alpha value is -1.81. The lowest BCUT2D eigenvalue weighted by Crippen LogP contribution is -2.39. The Labute approximate surface area is 127 Å². The summed E-state index contributed by atoms with van der Waals surface area (Å²) in [5.41, 5.74) is 0.832. The lowest BCUT2D eigenvalue weighted by atomic mass is 9.82. The van der Waals surface area contributed by atoms with Crippen molar-refractivity contribution in [2.75, 3.05) is 0 Å². The molecule has 110 valence electrons. The van der Waals surface area contributed by atoms with Gasteiger partial charge in [0.25, 0.3) is 0 Å². The summed E-state index contributed by atoms with van der Waals surface area (Å²) < 4.78 is 0. The monoisotopic (exact) mass is 305 g/mol. The lowest BCUT2D eigenvalue weighted by molar-refractivity contribution is -0.147. The van der Waals surface area contributed by atoms with Gasteiger partial charge in [0.15, 0.2) is 0 Å². The molecule has 0 heterocycles. The SMILES string of the molecule is O=C(O)[C@H]1[C@H](C(=O)NCc2ccccc2Cl)[C@H]2C=C[C@H]1C2. The molecule has 1 saturated carbocycles. The van der Waals surface area contributed by atoms with Crippen LogP contribution in [0.5, 0.6) is 0 Å². The fraction of sp³-hybridized carbons (Fsp3) is 0.375. The Bertz CT molecular complexity index is 613. The lowest BCUT2D eigenvalue weighted by Gasteiger charge is -2.23. The normalized spacial score (nSPS) is 29.6. The number of halogens is 1. The number of fused-ring (bicyclic) bond motifs is 2. The number of rotatable bonds is 4. The quantitative estimate of drug-likeness (QED) is 0.840. The van der Waals surface area contributed by atoms with Gasteiger partial charge in [0.2, 0.25) is 5.91 Å². The topological polar surface area (TPSA) is 66.4 Å². The van der Waals surface area contributed by atoms with Gasteiger partial charge >= 0.3 is 5.97 Å². The van der Waals surface area contributed by atoms with Crippen molar-refractivity contribution >= 4 is 23.5 Å². The molecule has 2 aliphatic carbocycles. The predicted molar refractivity (Wildman–Crippen MR) is 78.7 cm³/mol. The molecule has 1 aromatic rings. The van der Waals surface area contributed by atoms with Crippen LogP contribution in [-0.2, 0) is 16.1 Å². The summed E-state index contributed by atoms with van der Waals surface area (Å²) in [6.07, 6.45) is 4.67. The molecule has 1 fully saturated rings. The second-order valence-electron chi connectivity index (χ2n) is 5.65. The first-order valence-electron chi connectivity index (χ1n) is 7.00. The van der Waals surface area contributed by atoms with E-state index in [1.165, 1.54) is 0 Å². The Morgan fingerprint density at radius 1 is 1.19 bits per heavy atom. The van der Waals surface area contributed by atoms with Crippen LogP contribution in [0.2, 0.25) is 5.02 Å². The standard InChI is InChI=1S/C16H16ClNO3/c17-12-4-2-1-3-11(12)8-18-15(19)13-9-5-6-10(7-9)14(13)16(20)21/h1-6,9-10,13-14H,7-8H2,(H,18,19)(H,20,21)/t9-,10-,13+,14+/m0/s1. The van der Waals surface area contributed by atoms with Crippen LogP contribution in [-0.4, -0.2) is 17.0 Å². The average molecular weight is 306 g/mol. The van der Waals surface area contributed by atoms with E-state index >= 15 is 0 Å². The van der Waals surface area contributed by atoms with Gasteiger partial charge in [0, 0.05) is 11.6 Å². The minimum absolute atomic E-state index is 0.0106. The van der Waals surface area contributed by atoms with Crippen molar-refractivity contribution in [3.05, 3.63) is 47.0 Å². The smallest absolute Gasteiger partial charge is 0.307 e. The number of hydrogen-bond acceptors (Lipinski definition) is 2. The van der Waals surface area contributed by atoms with Gasteiger partial charge in [-0.05, 0) is 29.9 Å². The molecule has 0 spiro atoms. The van der Waals surface area contributed by atoms with Gasteiger partial charge < -0.3 is 10.4 Å². The van der Waals surface area contributed by atoms with Crippen molar-refractivity contribution in [3.63, 3.8) is 0 Å². The van der Waals surface area contributed by atoms with E-state index < -0.39 is 17.8 Å². The molecule has 1 aromatic carbocycles. The van der Waals surface area contributed by atoms with Crippen molar-refractivity contribution in [2.24, 2.45) is 23.7 Å². The largest absolute Gasteiger partial charge is 0.481 e. The van der Waals surface area contributed by atoms with E-state index in [2.05, 4.69) is 5.32 Å². The molecule has 0 saturated heterocycles. The molecule has 2 aliphatic rings. The molecule has 4 atom stereocenters. The Morgan fingerprint density at radius 3 is 2.52 bits per heavy atom. The molecule has 1 amide bonds. The summed E-state index contributed by atoms with van der Waals surface area (Å²) in [5, 5.41) is 12.8. The molecule has 0 aromatic heterocycles. The number of nitrogens with one attached hydrogen (secondary N) is 1. The zero-order chi connectivity index (χ0) is 15.0. The number of carboxylic acid groups (broad SMARTS) is 1. The number of carbonyl (C=O) groups is 2. The van der Waals surface area contributed by atoms with Crippen LogP contribution in [0.4, 0.5) is 0 Å². The van der Waals surface area contributed by atoms with Crippen molar-refractivity contribution in [3.8, 4) is 0 Å². The predicted octanol–water partition coefficient (Wildman–Crippen LogP) is 2.48. The van der Waals surface area contributed by atoms with E-state index in [4.69, 9.17) is 11.6 Å². The number of hydrogen-bond donors (Lipinski definition) is 2. The summed E-state index contributed by atoms with van der Waals surface area (Å²) in [4.78, 5) is 23.8. The molecule has 2 N–H and O–H groups in total. The van der Waals surface area contributed by atoms with E-state index in [0.29, 0.717) is 11.6 Å². The molecule has 4 nitrogen and oxygen atoms in total.